The zero-order valence-corrected chi connectivity index (χ0v) is 13.0. The standard InChI is InChI=1S/C17H12F3N3O2/c1-9(21-16(24)13-7-6-12(19)8-14(13)20)17-22-15(23-25-17)10-2-4-11(18)5-3-10/h2-9H,1H3,(H,21,24)/t9-/m0/s1. The second kappa shape index (κ2) is 6.76. The molecule has 0 aliphatic rings. The molecule has 0 aliphatic carbocycles. The SMILES string of the molecule is C[C@H](NC(=O)c1ccc(F)cc1F)c1nc(-c2ccc(F)cc2)no1. The van der Waals surface area contributed by atoms with Crippen molar-refractivity contribution in [2.45, 2.75) is 13.0 Å². The van der Waals surface area contributed by atoms with Crippen LogP contribution in [-0.2, 0) is 0 Å². The van der Waals surface area contributed by atoms with Crippen molar-refractivity contribution < 1.29 is 22.5 Å². The number of hydrogen-bond donors (Lipinski definition) is 1. The minimum absolute atomic E-state index is 0.0928. The van der Waals surface area contributed by atoms with Crippen molar-refractivity contribution in [2.24, 2.45) is 0 Å². The second-order valence-electron chi connectivity index (χ2n) is 5.28. The van der Waals surface area contributed by atoms with E-state index in [2.05, 4.69) is 15.5 Å². The van der Waals surface area contributed by atoms with E-state index in [4.69, 9.17) is 4.52 Å². The van der Waals surface area contributed by atoms with Crippen LogP contribution in [-0.4, -0.2) is 16.0 Å². The lowest BCUT2D eigenvalue weighted by Gasteiger charge is -2.10. The van der Waals surface area contributed by atoms with Crippen molar-refractivity contribution in [1.29, 1.82) is 0 Å². The summed E-state index contributed by atoms with van der Waals surface area (Å²) in [6, 6.07) is 7.44. The van der Waals surface area contributed by atoms with Crippen LogP contribution in [0.5, 0.6) is 0 Å². The Labute approximate surface area is 140 Å². The highest BCUT2D eigenvalue weighted by atomic mass is 19.1. The third-order valence-electron chi connectivity index (χ3n) is 3.44. The van der Waals surface area contributed by atoms with Gasteiger partial charge in [0.05, 0.1) is 5.56 Å². The number of carbonyl (C=O) groups excluding carboxylic acids is 1. The number of rotatable bonds is 4. The van der Waals surface area contributed by atoms with Crippen LogP contribution in [0.4, 0.5) is 13.2 Å². The maximum atomic E-state index is 13.6. The van der Waals surface area contributed by atoms with Gasteiger partial charge >= 0.3 is 0 Å². The van der Waals surface area contributed by atoms with Crippen LogP contribution < -0.4 is 5.32 Å². The van der Waals surface area contributed by atoms with Crippen LogP contribution in [0.15, 0.2) is 47.0 Å². The average molecular weight is 347 g/mol. The van der Waals surface area contributed by atoms with Crippen molar-refractivity contribution in [3.05, 3.63) is 71.4 Å². The van der Waals surface area contributed by atoms with Crippen LogP contribution in [0.1, 0.15) is 29.2 Å². The zero-order valence-electron chi connectivity index (χ0n) is 13.0. The summed E-state index contributed by atoms with van der Waals surface area (Å²) < 4.78 is 44.5. The van der Waals surface area contributed by atoms with Gasteiger partial charge < -0.3 is 9.84 Å². The summed E-state index contributed by atoms with van der Waals surface area (Å²) in [6.45, 7) is 1.57. The molecule has 0 saturated heterocycles. The molecule has 5 nitrogen and oxygen atoms in total. The van der Waals surface area contributed by atoms with E-state index in [9.17, 15) is 18.0 Å². The molecule has 0 saturated carbocycles. The number of benzene rings is 2. The largest absolute Gasteiger partial charge is 0.340 e. The Balaban J connectivity index is 1.74. The van der Waals surface area contributed by atoms with Crippen LogP contribution in [0.3, 0.4) is 0 Å². The molecule has 1 heterocycles. The fourth-order valence-corrected chi connectivity index (χ4v) is 2.14. The molecule has 1 N–H and O–H groups in total. The lowest BCUT2D eigenvalue weighted by Crippen LogP contribution is -2.27. The first-order valence-electron chi connectivity index (χ1n) is 7.29. The van der Waals surface area contributed by atoms with Gasteiger partial charge in [-0.3, -0.25) is 4.79 Å². The monoisotopic (exact) mass is 347 g/mol. The van der Waals surface area contributed by atoms with Crippen LogP contribution in [0, 0.1) is 17.5 Å². The van der Waals surface area contributed by atoms with E-state index in [-0.39, 0.29) is 17.3 Å². The first kappa shape index (κ1) is 16.7. The third-order valence-corrected chi connectivity index (χ3v) is 3.44. The van der Waals surface area contributed by atoms with Gasteiger partial charge in [0.2, 0.25) is 11.7 Å². The molecule has 128 valence electrons. The van der Waals surface area contributed by atoms with E-state index in [1.807, 2.05) is 0 Å². The molecule has 0 fully saturated rings. The quantitative estimate of drug-likeness (QED) is 0.782. The smallest absolute Gasteiger partial charge is 0.254 e. The van der Waals surface area contributed by atoms with Gasteiger partial charge in [-0.15, -0.1) is 0 Å². The molecule has 1 aromatic heterocycles. The van der Waals surface area contributed by atoms with Gasteiger partial charge in [-0.25, -0.2) is 13.2 Å². The average Bonchev–Trinajstić information content (AvgIpc) is 3.05. The molecule has 2 aromatic carbocycles. The Bertz CT molecular complexity index is 910. The van der Waals surface area contributed by atoms with Gasteiger partial charge in [-0.1, -0.05) is 5.16 Å². The lowest BCUT2D eigenvalue weighted by molar-refractivity contribution is 0.0928. The molecule has 1 atom stereocenters. The van der Waals surface area contributed by atoms with Crippen LogP contribution in [0.25, 0.3) is 11.4 Å². The third kappa shape index (κ3) is 3.68. The van der Waals surface area contributed by atoms with Crippen molar-refractivity contribution in [2.75, 3.05) is 0 Å². The Morgan fingerprint density at radius 2 is 1.76 bits per heavy atom. The Morgan fingerprint density at radius 3 is 2.44 bits per heavy atom. The van der Waals surface area contributed by atoms with Gasteiger partial charge in [0.15, 0.2) is 0 Å². The number of carbonyl (C=O) groups is 1. The van der Waals surface area contributed by atoms with Crippen molar-refractivity contribution in [1.82, 2.24) is 15.5 Å². The summed E-state index contributed by atoms with van der Waals surface area (Å²) in [5, 5.41) is 6.25. The molecule has 25 heavy (non-hydrogen) atoms. The molecule has 0 aliphatic heterocycles. The van der Waals surface area contributed by atoms with E-state index in [1.165, 1.54) is 24.3 Å². The molecular weight excluding hydrogens is 335 g/mol. The van der Waals surface area contributed by atoms with Gasteiger partial charge in [0.25, 0.3) is 5.91 Å². The predicted molar refractivity (Wildman–Crippen MR) is 81.9 cm³/mol. The minimum atomic E-state index is -0.970. The van der Waals surface area contributed by atoms with Crippen molar-refractivity contribution in [3.8, 4) is 11.4 Å². The van der Waals surface area contributed by atoms with Gasteiger partial charge in [-0.05, 0) is 43.3 Å². The number of halogens is 3. The summed E-state index contributed by atoms with van der Waals surface area (Å²) in [7, 11) is 0. The molecular formula is C17H12F3N3O2. The number of hydrogen-bond acceptors (Lipinski definition) is 4. The molecule has 3 aromatic rings. The van der Waals surface area contributed by atoms with Gasteiger partial charge in [0, 0.05) is 11.6 Å². The second-order valence-corrected chi connectivity index (χ2v) is 5.28. The highest BCUT2D eigenvalue weighted by Gasteiger charge is 2.20. The zero-order chi connectivity index (χ0) is 18.0. The van der Waals surface area contributed by atoms with E-state index in [0.29, 0.717) is 11.6 Å². The fraction of sp³-hybridized carbons (Fsp3) is 0.118. The number of nitrogens with zero attached hydrogens (tertiary/aromatic N) is 2. The maximum absolute atomic E-state index is 13.6. The molecule has 0 spiro atoms. The topological polar surface area (TPSA) is 68.0 Å². The first-order chi connectivity index (χ1) is 11.9. The van der Waals surface area contributed by atoms with E-state index in [1.54, 1.807) is 6.92 Å². The maximum Gasteiger partial charge on any atom is 0.254 e. The van der Waals surface area contributed by atoms with Gasteiger partial charge in [-0.2, -0.15) is 4.98 Å². The minimum Gasteiger partial charge on any atom is -0.340 e. The van der Waals surface area contributed by atoms with Crippen molar-refractivity contribution in [3.63, 3.8) is 0 Å². The highest BCUT2D eigenvalue weighted by Crippen LogP contribution is 2.19. The highest BCUT2D eigenvalue weighted by molar-refractivity contribution is 5.94. The Kier molecular flexibility index (Phi) is 4.51. The summed E-state index contributed by atoms with van der Waals surface area (Å²) in [5.74, 6) is -2.56. The number of nitrogens with one attached hydrogen (secondary N) is 1. The van der Waals surface area contributed by atoms with Crippen molar-refractivity contribution >= 4 is 5.91 Å². The molecule has 1 amide bonds. The summed E-state index contributed by atoms with van der Waals surface area (Å²) in [6.07, 6.45) is 0. The lowest BCUT2D eigenvalue weighted by atomic mass is 10.2. The normalized spacial score (nSPS) is 12.0. The van der Waals surface area contributed by atoms with E-state index < -0.39 is 29.4 Å². The van der Waals surface area contributed by atoms with Gasteiger partial charge in [0.1, 0.15) is 23.5 Å². The first-order valence-corrected chi connectivity index (χ1v) is 7.29. The van der Waals surface area contributed by atoms with Crippen LogP contribution >= 0.6 is 0 Å². The summed E-state index contributed by atoms with van der Waals surface area (Å²) in [4.78, 5) is 16.2. The number of aromatic nitrogens is 2. The summed E-state index contributed by atoms with van der Waals surface area (Å²) >= 11 is 0. The molecule has 0 unspecified atom stereocenters. The van der Waals surface area contributed by atoms with E-state index >= 15 is 0 Å². The van der Waals surface area contributed by atoms with Crippen LogP contribution in [0.2, 0.25) is 0 Å². The fourth-order valence-electron chi connectivity index (χ4n) is 2.14. The molecule has 8 heteroatoms. The number of amides is 1. The Hall–Kier alpha value is -3.16. The molecule has 3 rings (SSSR count). The predicted octanol–water partition coefficient (Wildman–Crippen LogP) is 3.64. The Morgan fingerprint density at radius 1 is 1.08 bits per heavy atom. The summed E-state index contributed by atoms with van der Waals surface area (Å²) in [5.41, 5.74) is 0.242. The molecule has 0 radical (unpaired) electrons. The van der Waals surface area contributed by atoms with E-state index in [0.717, 1.165) is 12.1 Å². The molecule has 0 bridgehead atoms.